The van der Waals surface area contributed by atoms with E-state index >= 15 is 0 Å². The summed E-state index contributed by atoms with van der Waals surface area (Å²) in [5.41, 5.74) is 1.23. The van der Waals surface area contributed by atoms with E-state index in [1.165, 1.54) is 18.4 Å². The molecule has 0 aliphatic carbocycles. The van der Waals surface area contributed by atoms with Gasteiger partial charge in [0.1, 0.15) is 0 Å². The van der Waals surface area contributed by atoms with Crippen LogP contribution >= 0.6 is 0 Å². The van der Waals surface area contributed by atoms with Crippen molar-refractivity contribution in [3.05, 3.63) is 17.7 Å². The first-order chi connectivity index (χ1) is 10.3. The number of hydrogen-bond acceptors (Lipinski definition) is 5. The third-order valence-electron chi connectivity index (χ3n) is 4.32. The number of benzene rings is 1. The van der Waals surface area contributed by atoms with Crippen LogP contribution in [0, 0.1) is 5.92 Å². The quantitative estimate of drug-likeness (QED) is 0.897. The average Bonchev–Trinajstić information content (AvgIpc) is 2.97. The molecule has 21 heavy (non-hydrogen) atoms. The number of hydrogen-bond donors (Lipinski definition) is 1. The van der Waals surface area contributed by atoms with E-state index in [0.717, 1.165) is 49.3 Å². The van der Waals surface area contributed by atoms with Gasteiger partial charge in [-0.25, -0.2) is 0 Å². The van der Waals surface area contributed by atoms with Crippen molar-refractivity contribution in [3.8, 4) is 17.2 Å². The summed E-state index contributed by atoms with van der Waals surface area (Å²) < 4.78 is 16.3. The Bertz CT molecular complexity index is 485. The van der Waals surface area contributed by atoms with Crippen molar-refractivity contribution in [1.29, 1.82) is 0 Å². The van der Waals surface area contributed by atoms with Crippen molar-refractivity contribution in [2.45, 2.75) is 19.4 Å². The zero-order valence-corrected chi connectivity index (χ0v) is 12.9. The molecule has 0 amide bonds. The maximum Gasteiger partial charge on any atom is 0.231 e. The van der Waals surface area contributed by atoms with Gasteiger partial charge in [-0.15, -0.1) is 0 Å². The van der Waals surface area contributed by atoms with Gasteiger partial charge in [0.15, 0.2) is 11.5 Å². The lowest BCUT2D eigenvalue weighted by Crippen LogP contribution is -2.36. The molecule has 2 aliphatic rings. The Hall–Kier alpha value is -1.46. The standard InChI is InChI=1S/C16H24N2O3/c1-17-9-12-3-5-18(6-4-12)10-13-7-14(19-2)16-15(8-13)20-11-21-16/h7-8,12,17H,3-6,9-11H2,1-2H3. The second-order valence-electron chi connectivity index (χ2n) is 5.81. The lowest BCUT2D eigenvalue weighted by molar-refractivity contribution is 0.170. The van der Waals surface area contributed by atoms with E-state index in [0.29, 0.717) is 0 Å². The van der Waals surface area contributed by atoms with Crippen molar-refractivity contribution >= 4 is 0 Å². The van der Waals surface area contributed by atoms with Gasteiger partial charge in [0.2, 0.25) is 12.5 Å². The molecule has 2 aliphatic heterocycles. The van der Waals surface area contributed by atoms with E-state index in [1.54, 1.807) is 7.11 Å². The topological polar surface area (TPSA) is 43.0 Å². The van der Waals surface area contributed by atoms with E-state index in [4.69, 9.17) is 14.2 Å². The van der Waals surface area contributed by atoms with Crippen LogP contribution in [0.5, 0.6) is 17.2 Å². The van der Waals surface area contributed by atoms with Crippen molar-refractivity contribution in [1.82, 2.24) is 10.2 Å². The van der Waals surface area contributed by atoms with Gasteiger partial charge >= 0.3 is 0 Å². The summed E-state index contributed by atoms with van der Waals surface area (Å²) in [5.74, 6) is 3.12. The number of methoxy groups -OCH3 is 1. The molecule has 1 aromatic rings. The van der Waals surface area contributed by atoms with Crippen molar-refractivity contribution in [2.24, 2.45) is 5.92 Å². The van der Waals surface area contributed by atoms with Crippen LogP contribution in [-0.4, -0.2) is 45.5 Å². The van der Waals surface area contributed by atoms with Crippen LogP contribution in [0.1, 0.15) is 18.4 Å². The molecular weight excluding hydrogens is 268 g/mol. The highest BCUT2D eigenvalue weighted by atomic mass is 16.7. The van der Waals surface area contributed by atoms with E-state index in [2.05, 4.69) is 22.3 Å². The minimum Gasteiger partial charge on any atom is -0.493 e. The Morgan fingerprint density at radius 2 is 2.10 bits per heavy atom. The van der Waals surface area contributed by atoms with Crippen LogP contribution in [0.15, 0.2) is 12.1 Å². The normalized spacial score (nSPS) is 19.0. The maximum absolute atomic E-state index is 5.49. The minimum atomic E-state index is 0.282. The molecule has 5 heteroatoms. The molecule has 5 nitrogen and oxygen atoms in total. The molecule has 2 heterocycles. The van der Waals surface area contributed by atoms with Gasteiger partial charge in [-0.05, 0) is 63.1 Å². The summed E-state index contributed by atoms with van der Waals surface area (Å²) in [4.78, 5) is 2.50. The summed E-state index contributed by atoms with van der Waals surface area (Å²) in [6.45, 7) is 4.67. The number of nitrogens with one attached hydrogen (secondary N) is 1. The molecule has 0 spiro atoms. The molecule has 1 N–H and O–H groups in total. The second-order valence-corrected chi connectivity index (χ2v) is 5.81. The van der Waals surface area contributed by atoms with Gasteiger partial charge in [0.05, 0.1) is 7.11 Å². The van der Waals surface area contributed by atoms with E-state index in [1.807, 2.05) is 7.05 Å². The Balaban J connectivity index is 1.63. The number of piperidine rings is 1. The number of likely N-dealkylation sites (tertiary alicyclic amines) is 1. The van der Waals surface area contributed by atoms with Crippen LogP contribution in [-0.2, 0) is 6.54 Å². The van der Waals surface area contributed by atoms with Gasteiger partial charge in [0, 0.05) is 6.54 Å². The molecule has 1 fully saturated rings. The first-order valence-corrected chi connectivity index (χ1v) is 7.63. The highest BCUT2D eigenvalue weighted by molar-refractivity contribution is 5.55. The van der Waals surface area contributed by atoms with Crippen LogP contribution in [0.4, 0.5) is 0 Å². The predicted octanol–water partition coefficient (Wildman–Crippen LogP) is 1.86. The zero-order valence-electron chi connectivity index (χ0n) is 12.9. The highest BCUT2D eigenvalue weighted by Gasteiger charge is 2.22. The fourth-order valence-corrected chi connectivity index (χ4v) is 3.17. The Labute approximate surface area is 126 Å². The van der Waals surface area contributed by atoms with Gasteiger partial charge < -0.3 is 19.5 Å². The molecule has 116 valence electrons. The van der Waals surface area contributed by atoms with Gasteiger partial charge in [-0.2, -0.15) is 0 Å². The molecule has 0 unspecified atom stereocenters. The first kappa shape index (κ1) is 14.5. The number of ether oxygens (including phenoxy) is 3. The lowest BCUT2D eigenvalue weighted by Gasteiger charge is -2.32. The van der Waals surface area contributed by atoms with E-state index in [-0.39, 0.29) is 6.79 Å². The second kappa shape index (κ2) is 6.54. The molecule has 0 atom stereocenters. The zero-order chi connectivity index (χ0) is 14.7. The van der Waals surface area contributed by atoms with Crippen molar-refractivity contribution in [2.75, 3.05) is 40.6 Å². The Kier molecular flexibility index (Phi) is 4.51. The molecule has 0 radical (unpaired) electrons. The number of fused-ring (bicyclic) bond motifs is 1. The summed E-state index contributed by atoms with van der Waals surface area (Å²) in [6.07, 6.45) is 2.53. The Morgan fingerprint density at radius 3 is 2.81 bits per heavy atom. The van der Waals surface area contributed by atoms with Gasteiger partial charge in [-0.1, -0.05) is 0 Å². The molecule has 0 bridgehead atoms. The maximum atomic E-state index is 5.49. The monoisotopic (exact) mass is 292 g/mol. The first-order valence-electron chi connectivity index (χ1n) is 7.63. The summed E-state index contributed by atoms with van der Waals surface area (Å²) in [7, 11) is 3.70. The third-order valence-corrected chi connectivity index (χ3v) is 4.32. The van der Waals surface area contributed by atoms with Gasteiger partial charge in [0.25, 0.3) is 0 Å². The van der Waals surface area contributed by atoms with Crippen LogP contribution in [0.3, 0.4) is 0 Å². The van der Waals surface area contributed by atoms with Crippen LogP contribution in [0.2, 0.25) is 0 Å². The number of rotatable bonds is 5. The molecular formula is C16H24N2O3. The van der Waals surface area contributed by atoms with E-state index < -0.39 is 0 Å². The fourth-order valence-electron chi connectivity index (χ4n) is 3.17. The molecule has 1 aromatic carbocycles. The summed E-state index contributed by atoms with van der Waals surface area (Å²) in [6, 6.07) is 4.14. The summed E-state index contributed by atoms with van der Waals surface area (Å²) >= 11 is 0. The molecule has 1 saturated heterocycles. The highest BCUT2D eigenvalue weighted by Crippen LogP contribution is 2.42. The number of nitrogens with zero attached hydrogens (tertiary/aromatic N) is 1. The molecule has 0 saturated carbocycles. The predicted molar refractivity (Wildman–Crippen MR) is 81.0 cm³/mol. The van der Waals surface area contributed by atoms with Crippen LogP contribution < -0.4 is 19.5 Å². The largest absolute Gasteiger partial charge is 0.493 e. The Morgan fingerprint density at radius 1 is 1.29 bits per heavy atom. The minimum absolute atomic E-state index is 0.282. The summed E-state index contributed by atoms with van der Waals surface area (Å²) in [5, 5.41) is 3.28. The average molecular weight is 292 g/mol. The molecule has 3 rings (SSSR count). The SMILES string of the molecule is CNCC1CCN(Cc2cc(OC)c3c(c2)OCO3)CC1. The van der Waals surface area contributed by atoms with Crippen molar-refractivity contribution in [3.63, 3.8) is 0 Å². The lowest BCUT2D eigenvalue weighted by atomic mass is 9.96. The van der Waals surface area contributed by atoms with Gasteiger partial charge in [-0.3, -0.25) is 4.90 Å². The van der Waals surface area contributed by atoms with Crippen molar-refractivity contribution < 1.29 is 14.2 Å². The smallest absolute Gasteiger partial charge is 0.231 e. The van der Waals surface area contributed by atoms with Crippen LogP contribution in [0.25, 0.3) is 0 Å². The fraction of sp³-hybridized carbons (Fsp3) is 0.625. The molecule has 0 aromatic heterocycles. The van der Waals surface area contributed by atoms with E-state index in [9.17, 15) is 0 Å². The third kappa shape index (κ3) is 3.24.